The van der Waals surface area contributed by atoms with Gasteiger partial charge in [0.2, 0.25) is 0 Å². The SMILES string of the molecule is Clc1ccc(-n2cccn2)c(NC2CCN3CCC2C3)c1. The maximum Gasteiger partial charge on any atom is 0.0877 e. The summed E-state index contributed by atoms with van der Waals surface area (Å²) >= 11 is 6.20. The molecule has 0 saturated carbocycles. The van der Waals surface area contributed by atoms with Crippen molar-refractivity contribution >= 4 is 17.3 Å². The van der Waals surface area contributed by atoms with Crippen molar-refractivity contribution in [1.29, 1.82) is 0 Å². The summed E-state index contributed by atoms with van der Waals surface area (Å²) in [5, 5.41) is 8.84. The zero-order chi connectivity index (χ0) is 14.2. The summed E-state index contributed by atoms with van der Waals surface area (Å²) in [7, 11) is 0. The summed E-state index contributed by atoms with van der Waals surface area (Å²) < 4.78 is 1.89. The topological polar surface area (TPSA) is 33.1 Å². The lowest BCUT2D eigenvalue weighted by atomic mass is 9.94. The molecule has 3 atom stereocenters. The van der Waals surface area contributed by atoms with Gasteiger partial charge in [0.05, 0.1) is 11.4 Å². The zero-order valence-electron chi connectivity index (χ0n) is 11.9. The molecule has 1 aromatic carbocycles. The third-order valence-electron chi connectivity index (χ3n) is 4.68. The molecule has 0 radical (unpaired) electrons. The molecule has 1 N–H and O–H groups in total. The first-order valence-corrected chi connectivity index (χ1v) is 7.96. The number of halogens is 1. The molecule has 2 saturated heterocycles. The van der Waals surface area contributed by atoms with Crippen LogP contribution in [0.3, 0.4) is 0 Å². The Labute approximate surface area is 129 Å². The van der Waals surface area contributed by atoms with E-state index in [0.29, 0.717) is 6.04 Å². The first-order valence-electron chi connectivity index (χ1n) is 7.58. The quantitative estimate of drug-likeness (QED) is 0.946. The first kappa shape index (κ1) is 13.2. The van der Waals surface area contributed by atoms with E-state index >= 15 is 0 Å². The lowest BCUT2D eigenvalue weighted by Gasteiger charge is -2.32. The highest BCUT2D eigenvalue weighted by molar-refractivity contribution is 6.31. The fourth-order valence-electron chi connectivity index (χ4n) is 3.58. The van der Waals surface area contributed by atoms with Crippen molar-refractivity contribution in [3.63, 3.8) is 0 Å². The minimum absolute atomic E-state index is 0.538. The second-order valence-electron chi connectivity index (χ2n) is 6.00. The lowest BCUT2D eigenvalue weighted by molar-refractivity contribution is 0.255. The highest BCUT2D eigenvalue weighted by Crippen LogP contribution is 2.32. The van der Waals surface area contributed by atoms with Crippen LogP contribution >= 0.6 is 11.6 Å². The number of nitrogens with zero attached hydrogens (tertiary/aromatic N) is 3. The van der Waals surface area contributed by atoms with Gasteiger partial charge in [0.1, 0.15) is 0 Å². The van der Waals surface area contributed by atoms with Gasteiger partial charge in [-0.1, -0.05) is 11.6 Å². The van der Waals surface area contributed by atoms with Gasteiger partial charge in [-0.3, -0.25) is 0 Å². The van der Waals surface area contributed by atoms with Crippen LogP contribution in [0.15, 0.2) is 36.7 Å². The van der Waals surface area contributed by atoms with E-state index in [1.165, 1.54) is 32.5 Å². The average Bonchev–Trinajstić information content (AvgIpc) is 3.13. The summed E-state index contributed by atoms with van der Waals surface area (Å²) in [6, 6.07) is 8.44. The molecule has 110 valence electrons. The molecular formula is C16H19ClN4. The molecule has 4 nitrogen and oxygen atoms in total. The van der Waals surface area contributed by atoms with E-state index in [-0.39, 0.29) is 0 Å². The standard InChI is InChI=1S/C16H19ClN4/c17-13-2-3-16(21-7-1-6-18-21)15(10-13)19-14-5-9-20-8-4-12(14)11-20/h1-3,6-7,10,12,14,19H,4-5,8-9,11H2. The van der Waals surface area contributed by atoms with Gasteiger partial charge in [0, 0.05) is 36.5 Å². The number of anilines is 1. The summed E-state index contributed by atoms with van der Waals surface area (Å²) in [5.41, 5.74) is 2.14. The van der Waals surface area contributed by atoms with Crippen LogP contribution in [0.4, 0.5) is 5.69 Å². The van der Waals surface area contributed by atoms with Gasteiger partial charge in [-0.05, 0) is 49.6 Å². The Morgan fingerprint density at radius 1 is 1.24 bits per heavy atom. The minimum atomic E-state index is 0.538. The van der Waals surface area contributed by atoms with Crippen LogP contribution in [0.5, 0.6) is 0 Å². The molecule has 5 heteroatoms. The molecule has 2 bridgehead atoms. The van der Waals surface area contributed by atoms with E-state index in [9.17, 15) is 0 Å². The van der Waals surface area contributed by atoms with Gasteiger partial charge in [0.15, 0.2) is 0 Å². The van der Waals surface area contributed by atoms with Gasteiger partial charge >= 0.3 is 0 Å². The molecule has 0 spiro atoms. The third kappa shape index (κ3) is 2.54. The summed E-state index contributed by atoms with van der Waals surface area (Å²) in [6.45, 7) is 3.69. The minimum Gasteiger partial charge on any atom is -0.380 e. The van der Waals surface area contributed by atoms with E-state index in [4.69, 9.17) is 11.6 Å². The Morgan fingerprint density at radius 3 is 3.00 bits per heavy atom. The predicted molar refractivity (Wildman–Crippen MR) is 85.1 cm³/mol. The van der Waals surface area contributed by atoms with E-state index in [0.717, 1.165) is 22.3 Å². The van der Waals surface area contributed by atoms with E-state index in [1.54, 1.807) is 6.20 Å². The number of nitrogens with one attached hydrogen (secondary N) is 1. The second kappa shape index (κ2) is 5.35. The first-order chi connectivity index (χ1) is 10.3. The number of hydrogen-bond acceptors (Lipinski definition) is 3. The Hall–Kier alpha value is -1.52. The molecule has 0 amide bonds. The number of aromatic nitrogens is 2. The number of hydrogen-bond donors (Lipinski definition) is 1. The number of rotatable bonds is 3. The van der Waals surface area contributed by atoms with Crippen LogP contribution < -0.4 is 5.32 Å². The van der Waals surface area contributed by atoms with E-state index in [1.807, 2.05) is 35.1 Å². The van der Waals surface area contributed by atoms with Crippen molar-refractivity contribution in [3.05, 3.63) is 41.7 Å². The monoisotopic (exact) mass is 302 g/mol. The Balaban J connectivity index is 1.63. The molecule has 21 heavy (non-hydrogen) atoms. The third-order valence-corrected chi connectivity index (χ3v) is 4.92. The second-order valence-corrected chi connectivity index (χ2v) is 6.44. The van der Waals surface area contributed by atoms with Crippen LogP contribution in [0.1, 0.15) is 12.8 Å². The van der Waals surface area contributed by atoms with Crippen molar-refractivity contribution in [2.45, 2.75) is 18.9 Å². The number of piperidine rings is 1. The van der Waals surface area contributed by atoms with Crippen molar-refractivity contribution in [1.82, 2.24) is 14.7 Å². The molecular weight excluding hydrogens is 284 g/mol. The molecule has 2 aromatic rings. The molecule has 2 aliphatic rings. The van der Waals surface area contributed by atoms with Crippen LogP contribution in [0, 0.1) is 5.92 Å². The molecule has 4 rings (SSSR count). The maximum atomic E-state index is 6.20. The average molecular weight is 303 g/mol. The molecule has 1 aromatic heterocycles. The van der Waals surface area contributed by atoms with Gasteiger partial charge in [-0.15, -0.1) is 0 Å². The van der Waals surface area contributed by atoms with Gasteiger partial charge in [0.25, 0.3) is 0 Å². The number of benzene rings is 1. The summed E-state index contributed by atoms with van der Waals surface area (Å²) in [5.74, 6) is 0.753. The lowest BCUT2D eigenvalue weighted by Crippen LogP contribution is -2.39. The summed E-state index contributed by atoms with van der Waals surface area (Å²) in [4.78, 5) is 2.56. The Morgan fingerprint density at radius 2 is 2.14 bits per heavy atom. The highest BCUT2D eigenvalue weighted by Gasteiger charge is 2.34. The van der Waals surface area contributed by atoms with Gasteiger partial charge in [-0.25, -0.2) is 4.68 Å². The zero-order valence-corrected chi connectivity index (χ0v) is 12.6. The van der Waals surface area contributed by atoms with Crippen LogP contribution in [-0.2, 0) is 0 Å². The van der Waals surface area contributed by atoms with Gasteiger partial charge < -0.3 is 10.2 Å². The Kier molecular flexibility index (Phi) is 3.36. The van der Waals surface area contributed by atoms with Gasteiger partial charge in [-0.2, -0.15) is 5.10 Å². The van der Waals surface area contributed by atoms with E-state index in [2.05, 4.69) is 15.3 Å². The Bertz CT molecular complexity index is 625. The molecule has 2 fully saturated rings. The predicted octanol–water partition coefficient (Wildman–Crippen LogP) is 3.03. The maximum absolute atomic E-state index is 6.20. The summed E-state index contributed by atoms with van der Waals surface area (Å²) in [6.07, 6.45) is 6.27. The van der Waals surface area contributed by atoms with Crippen molar-refractivity contribution in [3.8, 4) is 5.69 Å². The van der Waals surface area contributed by atoms with Crippen LogP contribution in [0.25, 0.3) is 5.69 Å². The van der Waals surface area contributed by atoms with Crippen molar-refractivity contribution in [2.24, 2.45) is 5.92 Å². The van der Waals surface area contributed by atoms with Crippen molar-refractivity contribution in [2.75, 3.05) is 25.0 Å². The molecule has 0 aliphatic carbocycles. The van der Waals surface area contributed by atoms with E-state index < -0.39 is 0 Å². The fraction of sp³-hybridized carbons (Fsp3) is 0.438. The fourth-order valence-corrected chi connectivity index (χ4v) is 3.75. The smallest absolute Gasteiger partial charge is 0.0877 e. The highest BCUT2D eigenvalue weighted by atomic mass is 35.5. The van der Waals surface area contributed by atoms with Crippen LogP contribution in [-0.4, -0.2) is 40.4 Å². The number of fused-ring (bicyclic) bond motifs is 2. The molecule has 2 aliphatic heterocycles. The molecule has 3 unspecified atom stereocenters. The largest absolute Gasteiger partial charge is 0.380 e. The van der Waals surface area contributed by atoms with Crippen molar-refractivity contribution < 1.29 is 0 Å². The van der Waals surface area contributed by atoms with Crippen LogP contribution in [0.2, 0.25) is 5.02 Å². The normalized spacial score (nSPS) is 27.8. The molecule has 3 heterocycles.